The van der Waals surface area contributed by atoms with Gasteiger partial charge in [-0.05, 0) is 37.1 Å². The number of unbranched alkanes of at least 4 members (excludes halogenated alkanes) is 2. The Balaban J connectivity index is 1.37. The minimum atomic E-state index is -0.390. The van der Waals surface area contributed by atoms with Crippen LogP contribution < -0.4 is 15.4 Å². The van der Waals surface area contributed by atoms with Crippen molar-refractivity contribution in [1.82, 2.24) is 35.6 Å². The number of aromatic nitrogens is 5. The molecule has 5 aromatic rings. The van der Waals surface area contributed by atoms with Gasteiger partial charge in [0.05, 0.1) is 36.1 Å². The third kappa shape index (κ3) is 6.75. The molecule has 1 unspecified atom stereocenters. The molecular formula is C30H31N7O3S. The van der Waals surface area contributed by atoms with Crippen molar-refractivity contribution in [2.45, 2.75) is 38.1 Å². The van der Waals surface area contributed by atoms with E-state index in [4.69, 9.17) is 4.74 Å². The maximum Gasteiger partial charge on any atom is 0.271 e. The average Bonchev–Trinajstić information content (AvgIpc) is 3.71. The smallest absolute Gasteiger partial charge is 0.271 e. The Morgan fingerprint density at radius 1 is 1.07 bits per heavy atom. The van der Waals surface area contributed by atoms with Gasteiger partial charge in [0.2, 0.25) is 11.8 Å². The SMILES string of the molecule is CNC(=O)CCCCCC(NC(=O)c1csc(-c2cccnc2)n1)c1ncc(-c2cc3ccccc3nc2OC)[nH]1. The lowest BCUT2D eigenvalue weighted by atomic mass is 10.1. The standard InChI is InChI=1S/C30H31N7O3S/c1-31-26(38)13-5-3-4-12-23(35-28(39)25-18-41-30(37-25)20-10-8-14-32-16-20)27-33-17-24(34-27)21-15-19-9-6-7-11-22(19)36-29(21)40-2/h6-11,14-18,23H,3-5,12-13H2,1-2H3,(H,31,38)(H,33,34)(H,35,39). The third-order valence-corrected chi connectivity index (χ3v) is 7.62. The molecular weight excluding hydrogens is 538 g/mol. The number of para-hydroxylation sites is 1. The Hall–Kier alpha value is -4.64. The van der Waals surface area contributed by atoms with Gasteiger partial charge in [-0.3, -0.25) is 14.6 Å². The number of thiazole rings is 1. The number of pyridine rings is 2. The summed E-state index contributed by atoms with van der Waals surface area (Å²) in [6, 6.07) is 13.2. The number of benzene rings is 1. The molecule has 0 bridgehead atoms. The molecule has 2 amide bonds. The number of rotatable bonds is 12. The number of imidazole rings is 1. The zero-order valence-electron chi connectivity index (χ0n) is 22.9. The first-order valence-electron chi connectivity index (χ1n) is 13.4. The second-order valence-corrected chi connectivity index (χ2v) is 10.4. The Kier molecular flexibility index (Phi) is 8.95. The minimum Gasteiger partial charge on any atom is -0.480 e. The molecule has 4 heterocycles. The molecule has 5 rings (SSSR count). The largest absolute Gasteiger partial charge is 0.480 e. The number of ether oxygens (including phenoxy) is 1. The number of methoxy groups -OCH3 is 1. The van der Waals surface area contributed by atoms with E-state index in [0.717, 1.165) is 52.0 Å². The highest BCUT2D eigenvalue weighted by Crippen LogP contribution is 2.32. The number of nitrogens with one attached hydrogen (secondary N) is 3. The number of amides is 2. The molecule has 0 radical (unpaired) electrons. The van der Waals surface area contributed by atoms with Gasteiger partial charge in [0.1, 0.15) is 16.5 Å². The molecule has 3 N–H and O–H groups in total. The van der Waals surface area contributed by atoms with Crippen molar-refractivity contribution < 1.29 is 14.3 Å². The molecule has 10 nitrogen and oxygen atoms in total. The van der Waals surface area contributed by atoms with Crippen LogP contribution in [0.4, 0.5) is 0 Å². The molecule has 0 fully saturated rings. The molecule has 0 spiro atoms. The van der Waals surface area contributed by atoms with Gasteiger partial charge in [-0.25, -0.2) is 15.0 Å². The van der Waals surface area contributed by atoms with Gasteiger partial charge in [-0.15, -0.1) is 11.3 Å². The van der Waals surface area contributed by atoms with Crippen molar-refractivity contribution in [3.8, 4) is 27.7 Å². The highest BCUT2D eigenvalue weighted by molar-refractivity contribution is 7.13. The summed E-state index contributed by atoms with van der Waals surface area (Å²) < 4.78 is 5.59. The van der Waals surface area contributed by atoms with E-state index >= 15 is 0 Å². The average molecular weight is 570 g/mol. The van der Waals surface area contributed by atoms with Crippen LogP contribution in [-0.4, -0.2) is 50.9 Å². The van der Waals surface area contributed by atoms with Gasteiger partial charge in [0.25, 0.3) is 5.91 Å². The van der Waals surface area contributed by atoms with Crippen LogP contribution in [0.1, 0.15) is 54.5 Å². The molecule has 4 aromatic heterocycles. The van der Waals surface area contributed by atoms with E-state index < -0.39 is 0 Å². The first-order chi connectivity index (χ1) is 20.1. The van der Waals surface area contributed by atoms with Crippen LogP contribution in [0.3, 0.4) is 0 Å². The highest BCUT2D eigenvalue weighted by atomic mass is 32.1. The Bertz CT molecular complexity index is 1630. The number of aromatic amines is 1. The monoisotopic (exact) mass is 569 g/mol. The Morgan fingerprint density at radius 2 is 1.95 bits per heavy atom. The molecule has 0 aliphatic carbocycles. The van der Waals surface area contributed by atoms with E-state index in [1.807, 2.05) is 42.5 Å². The summed E-state index contributed by atoms with van der Waals surface area (Å²) in [5.41, 5.74) is 3.55. The summed E-state index contributed by atoms with van der Waals surface area (Å²) in [7, 11) is 3.23. The zero-order valence-corrected chi connectivity index (χ0v) is 23.7. The molecule has 11 heteroatoms. The molecule has 1 atom stereocenters. The van der Waals surface area contributed by atoms with Crippen molar-refractivity contribution in [3.63, 3.8) is 0 Å². The highest BCUT2D eigenvalue weighted by Gasteiger charge is 2.22. The third-order valence-electron chi connectivity index (χ3n) is 6.72. The summed E-state index contributed by atoms with van der Waals surface area (Å²) in [6.45, 7) is 0. The number of H-pyrrole nitrogens is 1. The molecule has 0 aliphatic heterocycles. The summed E-state index contributed by atoms with van der Waals surface area (Å²) in [6.07, 6.45) is 8.69. The fourth-order valence-electron chi connectivity index (χ4n) is 4.54. The second kappa shape index (κ2) is 13.1. The predicted molar refractivity (Wildman–Crippen MR) is 159 cm³/mol. The van der Waals surface area contributed by atoms with Crippen molar-refractivity contribution in [2.24, 2.45) is 0 Å². The van der Waals surface area contributed by atoms with Crippen LogP contribution in [-0.2, 0) is 4.79 Å². The van der Waals surface area contributed by atoms with Crippen LogP contribution in [0, 0.1) is 0 Å². The molecule has 1 aromatic carbocycles. The van der Waals surface area contributed by atoms with Crippen LogP contribution >= 0.6 is 11.3 Å². The first-order valence-corrected chi connectivity index (χ1v) is 14.3. The van der Waals surface area contributed by atoms with Gasteiger partial charge in [0, 0.05) is 42.2 Å². The fourth-order valence-corrected chi connectivity index (χ4v) is 5.33. The van der Waals surface area contributed by atoms with Crippen molar-refractivity contribution in [2.75, 3.05) is 14.2 Å². The second-order valence-electron chi connectivity index (χ2n) is 9.50. The van der Waals surface area contributed by atoms with E-state index in [-0.39, 0.29) is 17.9 Å². The van der Waals surface area contributed by atoms with E-state index in [1.165, 1.54) is 11.3 Å². The molecule has 0 aliphatic rings. The maximum atomic E-state index is 13.3. The number of carbonyl (C=O) groups excluding carboxylic acids is 2. The molecule has 41 heavy (non-hydrogen) atoms. The van der Waals surface area contributed by atoms with Gasteiger partial charge in [0.15, 0.2) is 0 Å². The number of hydrogen-bond donors (Lipinski definition) is 3. The normalized spacial score (nSPS) is 11.8. The zero-order chi connectivity index (χ0) is 28.6. The van der Waals surface area contributed by atoms with E-state index in [2.05, 4.69) is 35.6 Å². The summed E-state index contributed by atoms with van der Waals surface area (Å²) in [5.74, 6) is 0.850. The maximum absolute atomic E-state index is 13.3. The Labute approximate surface area is 241 Å². The topological polar surface area (TPSA) is 135 Å². The van der Waals surface area contributed by atoms with Gasteiger partial charge >= 0.3 is 0 Å². The van der Waals surface area contributed by atoms with E-state index in [9.17, 15) is 9.59 Å². The number of nitrogens with zero attached hydrogens (tertiary/aromatic N) is 4. The summed E-state index contributed by atoms with van der Waals surface area (Å²) >= 11 is 1.40. The van der Waals surface area contributed by atoms with Gasteiger partial charge in [-0.2, -0.15) is 0 Å². The van der Waals surface area contributed by atoms with E-state index in [0.29, 0.717) is 30.2 Å². The van der Waals surface area contributed by atoms with Crippen LogP contribution in [0.25, 0.3) is 32.7 Å². The molecule has 210 valence electrons. The van der Waals surface area contributed by atoms with Gasteiger partial charge < -0.3 is 20.4 Å². The molecule has 0 saturated heterocycles. The summed E-state index contributed by atoms with van der Waals surface area (Å²) in [5, 5.41) is 9.22. The van der Waals surface area contributed by atoms with Crippen LogP contribution in [0.2, 0.25) is 0 Å². The number of carbonyl (C=O) groups is 2. The quantitative estimate of drug-likeness (QED) is 0.173. The van der Waals surface area contributed by atoms with Gasteiger partial charge in [-0.1, -0.05) is 31.0 Å². The molecule has 0 saturated carbocycles. The lowest BCUT2D eigenvalue weighted by Gasteiger charge is -2.16. The fraction of sp³-hybridized carbons (Fsp3) is 0.267. The Morgan fingerprint density at radius 3 is 2.76 bits per heavy atom. The predicted octanol–water partition coefficient (Wildman–Crippen LogP) is 5.32. The van der Waals surface area contributed by atoms with Crippen molar-refractivity contribution in [1.29, 1.82) is 0 Å². The van der Waals surface area contributed by atoms with Crippen LogP contribution in [0.15, 0.2) is 66.4 Å². The van der Waals surface area contributed by atoms with E-state index in [1.54, 1.807) is 38.1 Å². The summed E-state index contributed by atoms with van der Waals surface area (Å²) in [4.78, 5) is 46.3. The first kappa shape index (κ1) is 27.9. The van der Waals surface area contributed by atoms with Crippen molar-refractivity contribution in [3.05, 3.63) is 78.0 Å². The lowest BCUT2D eigenvalue weighted by molar-refractivity contribution is -0.120. The van der Waals surface area contributed by atoms with Crippen molar-refractivity contribution >= 4 is 34.1 Å². The number of hydrogen-bond acceptors (Lipinski definition) is 8. The van der Waals surface area contributed by atoms with Crippen LogP contribution in [0.5, 0.6) is 5.88 Å². The number of fused-ring (bicyclic) bond motifs is 1. The lowest BCUT2D eigenvalue weighted by Crippen LogP contribution is -2.29. The minimum absolute atomic E-state index is 0.0245.